The number of unbranched alkanes of at least 4 members (excludes halogenated alkanes) is 22. The Bertz CT molecular complexity index is 1070. The summed E-state index contributed by atoms with van der Waals surface area (Å²) in [5, 5.41) is 0. The van der Waals surface area contributed by atoms with Crippen LogP contribution >= 0.6 is 0 Å². The Balaban J connectivity index is 4.40. The van der Waals surface area contributed by atoms with Gasteiger partial charge in [-0.1, -0.05) is 191 Å². The lowest BCUT2D eigenvalue weighted by molar-refractivity contribution is -0.167. The van der Waals surface area contributed by atoms with Crippen LogP contribution in [0.3, 0.4) is 0 Å². The molecule has 0 saturated carbocycles. The molecule has 58 heavy (non-hydrogen) atoms. The predicted molar refractivity (Wildman–Crippen MR) is 247 cm³/mol. The summed E-state index contributed by atoms with van der Waals surface area (Å²) in [5.74, 6) is -0.924. The molecule has 0 saturated heterocycles. The van der Waals surface area contributed by atoms with Crippen LogP contribution in [-0.2, 0) is 28.6 Å². The second-order valence-electron chi connectivity index (χ2n) is 16.0. The zero-order valence-electron chi connectivity index (χ0n) is 38.0. The minimum absolute atomic E-state index is 0.0851. The maximum absolute atomic E-state index is 12.7. The van der Waals surface area contributed by atoms with E-state index in [0.29, 0.717) is 19.3 Å². The summed E-state index contributed by atoms with van der Waals surface area (Å²) >= 11 is 0. The number of esters is 3. The molecule has 0 aromatic carbocycles. The summed E-state index contributed by atoms with van der Waals surface area (Å²) < 4.78 is 16.7. The van der Waals surface area contributed by atoms with Crippen LogP contribution < -0.4 is 0 Å². The van der Waals surface area contributed by atoms with E-state index in [-0.39, 0.29) is 31.1 Å². The summed E-state index contributed by atoms with van der Waals surface area (Å²) in [6.45, 7) is 6.46. The van der Waals surface area contributed by atoms with Gasteiger partial charge in [-0.15, -0.1) is 0 Å². The highest BCUT2D eigenvalue weighted by molar-refractivity contribution is 5.71. The minimum Gasteiger partial charge on any atom is -0.462 e. The van der Waals surface area contributed by atoms with E-state index in [9.17, 15) is 14.4 Å². The summed E-state index contributed by atoms with van der Waals surface area (Å²) in [4.78, 5) is 37.8. The molecular formula is C52H90O6. The third-order valence-electron chi connectivity index (χ3n) is 10.3. The summed E-state index contributed by atoms with van der Waals surface area (Å²) in [5.41, 5.74) is 0. The van der Waals surface area contributed by atoms with Gasteiger partial charge < -0.3 is 14.2 Å². The fourth-order valence-electron chi connectivity index (χ4n) is 6.60. The van der Waals surface area contributed by atoms with Gasteiger partial charge in [0, 0.05) is 19.3 Å². The molecule has 6 nitrogen and oxygen atoms in total. The van der Waals surface area contributed by atoms with E-state index in [1.807, 2.05) is 0 Å². The Hall–Kier alpha value is -2.89. The zero-order valence-corrected chi connectivity index (χ0v) is 38.0. The van der Waals surface area contributed by atoms with Crippen LogP contribution in [0.15, 0.2) is 60.8 Å². The molecule has 0 aliphatic carbocycles. The van der Waals surface area contributed by atoms with Gasteiger partial charge in [-0.05, 0) is 83.5 Å². The molecule has 0 aromatic rings. The molecule has 0 radical (unpaired) electrons. The molecule has 0 fully saturated rings. The number of hydrogen-bond donors (Lipinski definition) is 0. The van der Waals surface area contributed by atoms with Crippen molar-refractivity contribution in [1.29, 1.82) is 0 Å². The van der Waals surface area contributed by atoms with Crippen molar-refractivity contribution in [2.24, 2.45) is 0 Å². The lowest BCUT2D eigenvalue weighted by atomic mass is 10.1. The number of allylic oxidation sites excluding steroid dienone is 10. The molecule has 0 aliphatic rings. The van der Waals surface area contributed by atoms with Crippen molar-refractivity contribution in [3.05, 3.63) is 60.8 Å². The summed E-state index contributed by atoms with van der Waals surface area (Å²) in [6, 6.07) is 0. The Morgan fingerprint density at radius 1 is 0.362 bits per heavy atom. The van der Waals surface area contributed by atoms with Crippen molar-refractivity contribution in [1.82, 2.24) is 0 Å². The van der Waals surface area contributed by atoms with Crippen LogP contribution in [0.4, 0.5) is 0 Å². The molecule has 0 N–H and O–H groups in total. The van der Waals surface area contributed by atoms with Crippen LogP contribution in [0.5, 0.6) is 0 Å². The highest BCUT2D eigenvalue weighted by atomic mass is 16.6. The van der Waals surface area contributed by atoms with Gasteiger partial charge >= 0.3 is 17.9 Å². The molecule has 0 aromatic heterocycles. The average Bonchev–Trinajstić information content (AvgIpc) is 3.22. The van der Waals surface area contributed by atoms with Crippen molar-refractivity contribution in [3.8, 4) is 0 Å². The molecule has 6 heteroatoms. The monoisotopic (exact) mass is 811 g/mol. The van der Waals surface area contributed by atoms with E-state index >= 15 is 0 Å². The summed E-state index contributed by atoms with van der Waals surface area (Å²) in [6.07, 6.45) is 56.3. The molecule has 334 valence electrons. The molecular weight excluding hydrogens is 721 g/mol. The fourth-order valence-corrected chi connectivity index (χ4v) is 6.60. The van der Waals surface area contributed by atoms with Crippen LogP contribution in [-0.4, -0.2) is 37.2 Å². The first-order valence-corrected chi connectivity index (χ1v) is 24.3. The topological polar surface area (TPSA) is 78.9 Å². The van der Waals surface area contributed by atoms with Gasteiger partial charge in [-0.3, -0.25) is 14.4 Å². The zero-order chi connectivity index (χ0) is 42.3. The Kier molecular flexibility index (Phi) is 44.5. The number of ether oxygens (including phenoxy) is 3. The SMILES string of the molecule is CC/C=C\C/C=C\C/C=C\C/C=C\CCCCCC(=O)OCC(COC(=O)CCCCCCCCCCC)OC(=O)CCCCCCCCC/C=C\CCCCCC. The van der Waals surface area contributed by atoms with Crippen molar-refractivity contribution in [2.45, 2.75) is 239 Å². The van der Waals surface area contributed by atoms with Crippen molar-refractivity contribution < 1.29 is 28.6 Å². The van der Waals surface area contributed by atoms with E-state index in [0.717, 1.165) is 89.9 Å². The third kappa shape index (κ3) is 44.2. The number of carbonyl (C=O) groups is 3. The van der Waals surface area contributed by atoms with E-state index < -0.39 is 6.10 Å². The van der Waals surface area contributed by atoms with Gasteiger partial charge in [-0.2, -0.15) is 0 Å². The third-order valence-corrected chi connectivity index (χ3v) is 10.3. The Morgan fingerprint density at radius 3 is 1.10 bits per heavy atom. The molecule has 0 spiro atoms. The lowest BCUT2D eigenvalue weighted by Crippen LogP contribution is -2.30. The highest BCUT2D eigenvalue weighted by Crippen LogP contribution is 2.14. The van der Waals surface area contributed by atoms with Gasteiger partial charge in [0.1, 0.15) is 13.2 Å². The Morgan fingerprint density at radius 2 is 0.672 bits per heavy atom. The number of hydrogen-bond acceptors (Lipinski definition) is 6. The van der Waals surface area contributed by atoms with Crippen molar-refractivity contribution in [2.75, 3.05) is 13.2 Å². The van der Waals surface area contributed by atoms with Crippen LogP contribution in [0.1, 0.15) is 233 Å². The molecule has 0 aliphatic heterocycles. The first kappa shape index (κ1) is 55.1. The average molecular weight is 811 g/mol. The van der Waals surface area contributed by atoms with Gasteiger partial charge in [0.05, 0.1) is 0 Å². The fraction of sp³-hybridized carbons (Fsp3) is 0.750. The van der Waals surface area contributed by atoms with Gasteiger partial charge in [0.25, 0.3) is 0 Å². The van der Waals surface area contributed by atoms with Crippen LogP contribution in [0, 0.1) is 0 Å². The number of rotatable bonds is 43. The first-order chi connectivity index (χ1) is 28.5. The second kappa shape index (κ2) is 46.8. The lowest BCUT2D eigenvalue weighted by Gasteiger charge is -2.18. The van der Waals surface area contributed by atoms with Crippen LogP contribution in [0.2, 0.25) is 0 Å². The highest BCUT2D eigenvalue weighted by Gasteiger charge is 2.19. The first-order valence-electron chi connectivity index (χ1n) is 24.3. The van der Waals surface area contributed by atoms with E-state index in [1.54, 1.807) is 0 Å². The smallest absolute Gasteiger partial charge is 0.306 e. The molecule has 0 bridgehead atoms. The molecule has 0 rings (SSSR count). The maximum Gasteiger partial charge on any atom is 0.306 e. The van der Waals surface area contributed by atoms with E-state index in [2.05, 4.69) is 81.5 Å². The molecule has 0 amide bonds. The Labute approximate surface area is 358 Å². The van der Waals surface area contributed by atoms with Crippen molar-refractivity contribution in [3.63, 3.8) is 0 Å². The minimum atomic E-state index is -0.785. The van der Waals surface area contributed by atoms with Gasteiger partial charge in [-0.25, -0.2) is 0 Å². The maximum atomic E-state index is 12.7. The molecule has 1 unspecified atom stereocenters. The second-order valence-corrected chi connectivity index (χ2v) is 16.0. The van der Waals surface area contributed by atoms with Crippen LogP contribution in [0.25, 0.3) is 0 Å². The van der Waals surface area contributed by atoms with E-state index in [4.69, 9.17) is 14.2 Å². The summed E-state index contributed by atoms with van der Waals surface area (Å²) in [7, 11) is 0. The normalized spacial score (nSPS) is 12.5. The molecule has 1 atom stereocenters. The van der Waals surface area contributed by atoms with E-state index in [1.165, 1.54) is 103 Å². The van der Waals surface area contributed by atoms with Crippen molar-refractivity contribution >= 4 is 17.9 Å². The van der Waals surface area contributed by atoms with Gasteiger partial charge in [0.2, 0.25) is 0 Å². The van der Waals surface area contributed by atoms with Gasteiger partial charge in [0.15, 0.2) is 6.10 Å². The largest absolute Gasteiger partial charge is 0.462 e. The standard InChI is InChI=1S/C52H90O6/c1-4-7-10-13-16-19-21-23-25-27-28-30-33-36-39-42-45-51(54)57-48-49(47-56-50(53)44-41-38-35-32-18-15-12-9-6-3)58-52(55)46-43-40-37-34-31-29-26-24-22-20-17-14-11-8-5-2/h7,10,16,19-20,22-23,25,28,30,49H,4-6,8-9,11-15,17-18,21,24,26-27,29,31-48H2,1-3H3/b10-7-,19-16-,22-20-,25-23-,30-28-. The predicted octanol–water partition coefficient (Wildman–Crippen LogP) is 15.7. The number of carbonyl (C=O) groups excluding carboxylic acids is 3. The molecule has 0 heterocycles. The quantitative estimate of drug-likeness (QED) is 0.0264.